The van der Waals surface area contributed by atoms with Crippen molar-refractivity contribution in [2.24, 2.45) is 0 Å². The molecule has 2 amide bonds. The van der Waals surface area contributed by atoms with Crippen molar-refractivity contribution >= 4 is 23.1 Å². The van der Waals surface area contributed by atoms with Crippen LogP contribution in [-0.4, -0.2) is 29.3 Å². The summed E-state index contributed by atoms with van der Waals surface area (Å²) in [5.41, 5.74) is 3.81. The fraction of sp³-hybridized carbons (Fsp3) is 0.273. The van der Waals surface area contributed by atoms with Crippen LogP contribution in [0.2, 0.25) is 0 Å². The van der Waals surface area contributed by atoms with Gasteiger partial charge in [0.1, 0.15) is 0 Å². The third kappa shape index (κ3) is 3.64. The molecule has 2 heterocycles. The van der Waals surface area contributed by atoms with Gasteiger partial charge in [-0.2, -0.15) is 0 Å². The van der Waals surface area contributed by atoms with Gasteiger partial charge in [-0.3, -0.25) is 19.8 Å². The molecular weight excluding hydrogens is 338 g/mol. The van der Waals surface area contributed by atoms with Crippen molar-refractivity contribution in [3.8, 4) is 0 Å². The lowest BCUT2D eigenvalue weighted by atomic mass is 9.96. The fourth-order valence-corrected chi connectivity index (χ4v) is 3.74. The van der Waals surface area contributed by atoms with E-state index >= 15 is 0 Å². The fourth-order valence-electron chi connectivity index (χ4n) is 3.74. The topological polar surface area (TPSA) is 61.4 Å². The zero-order valence-electron chi connectivity index (χ0n) is 15.4. The summed E-state index contributed by atoms with van der Waals surface area (Å²) in [7, 11) is 0. The van der Waals surface area contributed by atoms with Crippen molar-refractivity contribution in [3.63, 3.8) is 0 Å². The Kier molecular flexibility index (Phi) is 4.77. The van der Waals surface area contributed by atoms with Crippen LogP contribution in [0.3, 0.4) is 0 Å². The van der Waals surface area contributed by atoms with Gasteiger partial charge in [0.15, 0.2) is 0 Å². The molecule has 2 N–H and O–H groups in total. The smallest absolute Gasteiger partial charge is 0.260 e. The number of imide groups is 1. The van der Waals surface area contributed by atoms with Gasteiger partial charge in [0.05, 0.1) is 5.57 Å². The Balaban J connectivity index is 1.49. The maximum Gasteiger partial charge on any atom is 0.260 e. The molecule has 2 aromatic rings. The minimum atomic E-state index is -0.383. The first-order chi connectivity index (χ1) is 13.1. The average molecular weight is 361 g/mol. The summed E-state index contributed by atoms with van der Waals surface area (Å²) in [5.74, 6) is -0.737. The van der Waals surface area contributed by atoms with Gasteiger partial charge in [-0.15, -0.1) is 0 Å². The predicted octanol–water partition coefficient (Wildman–Crippen LogP) is 3.39. The highest BCUT2D eigenvalue weighted by Crippen LogP contribution is 2.24. The first kappa shape index (κ1) is 17.5. The Labute approximate surface area is 159 Å². The number of carbonyl (C=O) groups excluding carboxylic acids is 2. The quantitative estimate of drug-likeness (QED) is 0.647. The molecule has 5 nitrogen and oxygen atoms in total. The number of nitrogens with zero attached hydrogens (tertiary/aromatic N) is 1. The summed E-state index contributed by atoms with van der Waals surface area (Å²) < 4.78 is 0. The van der Waals surface area contributed by atoms with Crippen LogP contribution in [0.4, 0.5) is 5.69 Å². The summed E-state index contributed by atoms with van der Waals surface area (Å²) in [6, 6.07) is 16.1. The van der Waals surface area contributed by atoms with Crippen LogP contribution in [0.25, 0.3) is 5.57 Å². The lowest BCUT2D eigenvalue weighted by Gasteiger charge is -2.21. The molecule has 2 aromatic carbocycles. The number of carbonyl (C=O) groups is 2. The van der Waals surface area contributed by atoms with Crippen LogP contribution in [-0.2, 0) is 11.3 Å². The highest BCUT2D eigenvalue weighted by molar-refractivity contribution is 6.31. The van der Waals surface area contributed by atoms with Gasteiger partial charge in [0, 0.05) is 35.6 Å². The number of anilines is 1. The van der Waals surface area contributed by atoms with Gasteiger partial charge in [0.25, 0.3) is 11.8 Å². The highest BCUT2D eigenvalue weighted by Gasteiger charge is 2.26. The summed E-state index contributed by atoms with van der Waals surface area (Å²) in [5, 5.41) is 5.57. The molecule has 0 radical (unpaired) electrons. The van der Waals surface area contributed by atoms with E-state index in [-0.39, 0.29) is 11.8 Å². The first-order valence-corrected chi connectivity index (χ1v) is 9.36. The summed E-state index contributed by atoms with van der Waals surface area (Å²) in [6.07, 6.45) is 4.22. The van der Waals surface area contributed by atoms with Gasteiger partial charge in [0.2, 0.25) is 0 Å². The van der Waals surface area contributed by atoms with Crippen LogP contribution in [0.1, 0.15) is 41.3 Å². The Bertz CT molecular complexity index is 902. The van der Waals surface area contributed by atoms with E-state index in [1.807, 2.05) is 18.2 Å². The third-order valence-corrected chi connectivity index (χ3v) is 5.35. The third-order valence-electron chi connectivity index (χ3n) is 5.35. The molecule has 0 aromatic heterocycles. The molecular formula is C22H23N3O2. The van der Waals surface area contributed by atoms with Crippen LogP contribution in [0.15, 0.2) is 54.7 Å². The number of amides is 2. The molecule has 138 valence electrons. The largest absolute Gasteiger partial charge is 0.361 e. The van der Waals surface area contributed by atoms with Crippen LogP contribution < -0.4 is 10.6 Å². The number of fused-ring (bicyclic) bond motifs is 1. The summed E-state index contributed by atoms with van der Waals surface area (Å²) in [4.78, 5) is 26.7. The Hall–Kier alpha value is -2.92. The Morgan fingerprint density at radius 3 is 2.52 bits per heavy atom. The van der Waals surface area contributed by atoms with Gasteiger partial charge < -0.3 is 5.32 Å². The average Bonchev–Trinajstić information content (AvgIpc) is 3.07. The number of nitrogens with one attached hydrogen (secondary N) is 2. The Morgan fingerprint density at radius 2 is 1.81 bits per heavy atom. The van der Waals surface area contributed by atoms with Crippen molar-refractivity contribution in [1.29, 1.82) is 0 Å². The van der Waals surface area contributed by atoms with Crippen molar-refractivity contribution in [2.75, 3.05) is 11.9 Å². The molecule has 1 unspecified atom stereocenters. The number of hydrogen-bond acceptors (Lipinski definition) is 4. The van der Waals surface area contributed by atoms with Gasteiger partial charge >= 0.3 is 0 Å². The zero-order chi connectivity index (χ0) is 18.8. The van der Waals surface area contributed by atoms with E-state index in [4.69, 9.17) is 0 Å². The second-order valence-electron chi connectivity index (χ2n) is 7.19. The van der Waals surface area contributed by atoms with Gasteiger partial charge in [-0.1, -0.05) is 30.3 Å². The maximum absolute atomic E-state index is 12.2. The normalized spacial score (nSPS) is 21.2. The molecule has 0 saturated carbocycles. The SMILES string of the molecule is CC1CCCN1Cc1ccc(N/C=C2/C(=O)NC(=O)c3ccccc32)cc1. The maximum atomic E-state index is 12.2. The predicted molar refractivity (Wildman–Crippen MR) is 106 cm³/mol. The van der Waals surface area contributed by atoms with Crippen molar-refractivity contribution in [3.05, 3.63) is 71.4 Å². The zero-order valence-corrected chi connectivity index (χ0v) is 15.4. The van der Waals surface area contributed by atoms with E-state index in [0.29, 0.717) is 22.7 Å². The van der Waals surface area contributed by atoms with E-state index < -0.39 is 0 Å². The van der Waals surface area contributed by atoms with Crippen LogP contribution >= 0.6 is 0 Å². The van der Waals surface area contributed by atoms with Crippen LogP contribution in [0, 0.1) is 0 Å². The number of rotatable bonds is 4. The molecule has 1 saturated heterocycles. The lowest BCUT2D eigenvalue weighted by Crippen LogP contribution is -2.36. The molecule has 1 fully saturated rings. The van der Waals surface area contributed by atoms with Crippen molar-refractivity contribution in [2.45, 2.75) is 32.4 Å². The first-order valence-electron chi connectivity index (χ1n) is 9.36. The lowest BCUT2D eigenvalue weighted by molar-refractivity contribution is -0.114. The second-order valence-corrected chi connectivity index (χ2v) is 7.19. The van der Waals surface area contributed by atoms with Gasteiger partial charge in [-0.05, 0) is 50.1 Å². The number of benzene rings is 2. The molecule has 0 aliphatic carbocycles. The van der Waals surface area contributed by atoms with Crippen LogP contribution in [0.5, 0.6) is 0 Å². The van der Waals surface area contributed by atoms with Gasteiger partial charge in [-0.25, -0.2) is 0 Å². The summed E-state index contributed by atoms with van der Waals surface area (Å²) in [6.45, 7) is 4.42. The molecule has 5 heteroatoms. The molecule has 2 aliphatic heterocycles. The molecule has 1 atom stereocenters. The Morgan fingerprint density at radius 1 is 1.07 bits per heavy atom. The van der Waals surface area contributed by atoms with E-state index in [1.165, 1.54) is 24.9 Å². The monoisotopic (exact) mass is 361 g/mol. The molecule has 2 aliphatic rings. The molecule has 0 spiro atoms. The number of hydrogen-bond donors (Lipinski definition) is 2. The molecule has 0 bridgehead atoms. The number of likely N-dealkylation sites (tertiary alicyclic amines) is 1. The second kappa shape index (κ2) is 7.37. The molecule has 27 heavy (non-hydrogen) atoms. The van der Waals surface area contributed by atoms with Crippen molar-refractivity contribution in [1.82, 2.24) is 10.2 Å². The van der Waals surface area contributed by atoms with Crippen molar-refractivity contribution < 1.29 is 9.59 Å². The minimum absolute atomic E-state index is 0.353. The van der Waals surface area contributed by atoms with E-state index in [9.17, 15) is 9.59 Å². The van der Waals surface area contributed by atoms with E-state index in [0.717, 1.165) is 12.2 Å². The minimum Gasteiger partial charge on any atom is -0.361 e. The standard InChI is InChI=1S/C22H23N3O2/c1-15-5-4-12-25(15)14-16-8-10-17(11-9-16)23-13-20-18-6-2-3-7-19(18)21(26)24-22(20)27/h2-3,6-11,13,15,23H,4-5,12,14H2,1H3,(H,24,26,27)/b20-13+. The van der Waals surface area contributed by atoms with E-state index in [2.05, 4.69) is 34.6 Å². The van der Waals surface area contributed by atoms with E-state index in [1.54, 1.807) is 24.4 Å². The highest BCUT2D eigenvalue weighted by atomic mass is 16.2. The summed E-state index contributed by atoms with van der Waals surface area (Å²) >= 11 is 0. The molecule has 4 rings (SSSR count).